The number of benzene rings is 2. The van der Waals surface area contributed by atoms with Gasteiger partial charge in [-0.25, -0.2) is 14.2 Å². The van der Waals surface area contributed by atoms with Gasteiger partial charge in [0.05, 0.1) is 6.21 Å². The molecule has 0 spiro atoms. The molecule has 23 heavy (non-hydrogen) atoms. The van der Waals surface area contributed by atoms with Crippen molar-refractivity contribution in [1.29, 1.82) is 0 Å². The highest BCUT2D eigenvalue weighted by Crippen LogP contribution is 2.12. The number of amides is 1. The largest absolute Gasteiger partial charge is 0.484 e. The first-order valence-corrected chi connectivity index (χ1v) is 7.07. The Kier molecular flexibility index (Phi) is 5.80. The summed E-state index contributed by atoms with van der Waals surface area (Å²) in [6.45, 7) is 1.82. The highest BCUT2D eigenvalue weighted by molar-refractivity contribution is 5.83. The molecule has 0 aromatic heterocycles. The molecule has 0 bridgehead atoms. The van der Waals surface area contributed by atoms with E-state index in [0.717, 1.165) is 18.7 Å². The van der Waals surface area contributed by atoms with E-state index < -0.39 is 17.5 Å². The van der Waals surface area contributed by atoms with Crippen molar-refractivity contribution in [3.63, 3.8) is 0 Å². The van der Waals surface area contributed by atoms with E-state index >= 15 is 0 Å². The Morgan fingerprint density at radius 2 is 1.96 bits per heavy atom. The fraction of sp³-hybridized carbons (Fsp3) is 0.176. The van der Waals surface area contributed by atoms with E-state index in [4.69, 9.17) is 4.74 Å². The number of aryl methyl sites for hydroxylation is 1. The Labute approximate surface area is 132 Å². The van der Waals surface area contributed by atoms with Gasteiger partial charge in [-0.2, -0.15) is 5.10 Å². The van der Waals surface area contributed by atoms with Gasteiger partial charge < -0.3 is 4.74 Å². The maximum atomic E-state index is 13.4. The Balaban J connectivity index is 1.82. The van der Waals surface area contributed by atoms with Crippen LogP contribution < -0.4 is 10.2 Å². The summed E-state index contributed by atoms with van der Waals surface area (Å²) in [5.41, 5.74) is 3.30. The van der Waals surface area contributed by atoms with Crippen LogP contribution in [0.1, 0.15) is 18.1 Å². The molecular weight excluding hydrogens is 302 g/mol. The van der Waals surface area contributed by atoms with E-state index in [2.05, 4.69) is 10.5 Å². The number of carbonyl (C=O) groups is 1. The molecule has 4 nitrogen and oxygen atoms in total. The lowest BCUT2D eigenvalue weighted by molar-refractivity contribution is -0.123. The first-order valence-electron chi connectivity index (χ1n) is 7.07. The fourth-order valence-electron chi connectivity index (χ4n) is 1.80. The van der Waals surface area contributed by atoms with Crippen molar-refractivity contribution < 1.29 is 18.3 Å². The van der Waals surface area contributed by atoms with Gasteiger partial charge in [0.15, 0.2) is 18.2 Å². The minimum atomic E-state index is -1.02. The summed E-state index contributed by atoms with van der Waals surface area (Å²) in [5.74, 6) is -1.92. The van der Waals surface area contributed by atoms with Gasteiger partial charge in [-0.05, 0) is 30.2 Å². The van der Waals surface area contributed by atoms with Crippen LogP contribution >= 0.6 is 0 Å². The third kappa shape index (κ3) is 4.88. The van der Waals surface area contributed by atoms with Crippen LogP contribution in [0.2, 0.25) is 0 Å². The molecular formula is C17H16F2N2O2. The molecule has 2 rings (SSSR count). The molecule has 0 fully saturated rings. The zero-order valence-electron chi connectivity index (χ0n) is 12.6. The molecule has 120 valence electrons. The van der Waals surface area contributed by atoms with Crippen LogP contribution in [-0.4, -0.2) is 18.7 Å². The summed E-state index contributed by atoms with van der Waals surface area (Å²) in [4.78, 5) is 11.6. The van der Waals surface area contributed by atoms with Gasteiger partial charge in [-0.1, -0.05) is 31.2 Å². The summed E-state index contributed by atoms with van der Waals surface area (Å²) >= 11 is 0. The summed E-state index contributed by atoms with van der Waals surface area (Å²) in [5, 5.41) is 3.57. The van der Waals surface area contributed by atoms with Gasteiger partial charge in [0.25, 0.3) is 5.91 Å². The molecule has 1 amide bonds. The third-order valence-corrected chi connectivity index (χ3v) is 3.08. The Morgan fingerprint density at radius 1 is 1.22 bits per heavy atom. The maximum Gasteiger partial charge on any atom is 0.277 e. The van der Waals surface area contributed by atoms with Crippen LogP contribution in [0, 0.1) is 11.6 Å². The first-order chi connectivity index (χ1) is 11.1. The highest BCUT2D eigenvalue weighted by atomic mass is 19.2. The molecule has 2 aromatic carbocycles. The molecule has 0 saturated carbocycles. The van der Waals surface area contributed by atoms with Gasteiger partial charge in [-0.15, -0.1) is 0 Å². The average Bonchev–Trinajstić information content (AvgIpc) is 2.57. The maximum absolute atomic E-state index is 13.4. The predicted octanol–water partition coefficient (Wildman–Crippen LogP) is 3.06. The zero-order chi connectivity index (χ0) is 16.7. The molecule has 6 heteroatoms. The number of hydrogen-bond acceptors (Lipinski definition) is 3. The van der Waals surface area contributed by atoms with Crippen molar-refractivity contribution in [2.24, 2.45) is 5.10 Å². The molecule has 0 saturated heterocycles. The quantitative estimate of drug-likeness (QED) is 0.657. The van der Waals surface area contributed by atoms with Crippen molar-refractivity contribution in [1.82, 2.24) is 5.43 Å². The van der Waals surface area contributed by atoms with Crippen LogP contribution in [0.25, 0.3) is 0 Å². The molecule has 0 unspecified atom stereocenters. The average molecular weight is 318 g/mol. The fourth-order valence-corrected chi connectivity index (χ4v) is 1.80. The number of nitrogens with zero attached hydrogens (tertiary/aromatic N) is 1. The zero-order valence-corrected chi connectivity index (χ0v) is 12.6. The van der Waals surface area contributed by atoms with Crippen molar-refractivity contribution in [2.75, 3.05) is 6.61 Å². The molecule has 0 heterocycles. The van der Waals surface area contributed by atoms with E-state index in [1.807, 2.05) is 19.1 Å². The summed E-state index contributed by atoms with van der Waals surface area (Å²) in [6.07, 6.45) is 1.96. The minimum absolute atomic E-state index is 0.0543. The minimum Gasteiger partial charge on any atom is -0.484 e. The summed E-state index contributed by atoms with van der Waals surface area (Å²) in [6, 6.07) is 11.1. The van der Waals surface area contributed by atoms with Gasteiger partial charge in [0, 0.05) is 5.56 Å². The first kappa shape index (κ1) is 16.6. The van der Waals surface area contributed by atoms with Gasteiger partial charge in [-0.3, -0.25) is 4.79 Å². The van der Waals surface area contributed by atoms with Crippen molar-refractivity contribution in [3.8, 4) is 5.75 Å². The van der Waals surface area contributed by atoms with Crippen LogP contribution in [0.15, 0.2) is 47.6 Å². The normalized spacial score (nSPS) is 10.7. The number of nitrogens with one attached hydrogen (secondary N) is 1. The number of ether oxygens (including phenoxy) is 1. The van der Waals surface area contributed by atoms with E-state index in [1.165, 1.54) is 17.7 Å². The molecule has 0 aliphatic rings. The lowest BCUT2D eigenvalue weighted by Gasteiger charge is -2.05. The monoisotopic (exact) mass is 318 g/mol. The predicted molar refractivity (Wildman–Crippen MR) is 83.4 cm³/mol. The molecule has 1 N–H and O–H groups in total. The molecule has 0 aliphatic heterocycles. The van der Waals surface area contributed by atoms with E-state index in [-0.39, 0.29) is 12.2 Å². The second-order valence-corrected chi connectivity index (χ2v) is 4.72. The van der Waals surface area contributed by atoms with Crippen molar-refractivity contribution in [3.05, 3.63) is 65.2 Å². The number of hydrogen-bond donors (Lipinski definition) is 1. The van der Waals surface area contributed by atoms with E-state index in [9.17, 15) is 13.6 Å². The van der Waals surface area contributed by atoms with Gasteiger partial charge >= 0.3 is 0 Å². The Hall–Kier alpha value is -2.76. The highest BCUT2D eigenvalue weighted by Gasteiger charge is 2.05. The second-order valence-electron chi connectivity index (χ2n) is 4.72. The SMILES string of the molecule is CCc1ccc(OCC(=O)NN=Cc2cccc(F)c2F)cc1. The molecule has 2 aromatic rings. The van der Waals surface area contributed by atoms with Gasteiger partial charge in [0.1, 0.15) is 5.75 Å². The summed E-state index contributed by atoms with van der Waals surface area (Å²) < 4.78 is 31.6. The molecule has 0 aliphatic carbocycles. The van der Waals surface area contributed by atoms with Crippen LogP contribution in [0.4, 0.5) is 8.78 Å². The number of rotatable bonds is 6. The summed E-state index contributed by atoms with van der Waals surface area (Å²) in [7, 11) is 0. The lowest BCUT2D eigenvalue weighted by Crippen LogP contribution is -2.24. The number of hydrazone groups is 1. The Morgan fingerprint density at radius 3 is 2.65 bits per heavy atom. The topological polar surface area (TPSA) is 50.7 Å². The van der Waals surface area contributed by atoms with Crippen LogP contribution in [0.5, 0.6) is 5.75 Å². The van der Waals surface area contributed by atoms with E-state index in [0.29, 0.717) is 5.75 Å². The van der Waals surface area contributed by atoms with Crippen LogP contribution in [-0.2, 0) is 11.2 Å². The van der Waals surface area contributed by atoms with E-state index in [1.54, 1.807) is 12.1 Å². The van der Waals surface area contributed by atoms with Crippen molar-refractivity contribution >= 4 is 12.1 Å². The van der Waals surface area contributed by atoms with Gasteiger partial charge in [0.2, 0.25) is 0 Å². The second kappa shape index (κ2) is 8.03. The molecule has 0 radical (unpaired) electrons. The van der Waals surface area contributed by atoms with Crippen molar-refractivity contribution in [2.45, 2.75) is 13.3 Å². The molecule has 0 atom stereocenters. The Bertz CT molecular complexity index is 700. The number of carbonyl (C=O) groups excluding carboxylic acids is 1. The van der Waals surface area contributed by atoms with Crippen LogP contribution in [0.3, 0.4) is 0 Å². The smallest absolute Gasteiger partial charge is 0.277 e. The lowest BCUT2D eigenvalue weighted by atomic mass is 10.2. The number of halogens is 2. The third-order valence-electron chi connectivity index (χ3n) is 3.08. The standard InChI is InChI=1S/C17H16F2N2O2/c1-2-12-6-8-14(9-7-12)23-11-16(22)21-20-10-13-4-3-5-15(18)17(13)19/h3-10H,2,11H2,1H3,(H,21,22).